The molecule has 2 amide bonds. The summed E-state index contributed by atoms with van der Waals surface area (Å²) in [5.41, 5.74) is 2.13. The van der Waals surface area contributed by atoms with Gasteiger partial charge in [-0.1, -0.05) is 12.1 Å². The number of rotatable bonds is 3. The Labute approximate surface area is 196 Å². The Kier molecular flexibility index (Phi) is 5.69. The number of aryl methyl sites for hydroxylation is 2. The number of hydrogen-bond donors (Lipinski definition) is 0. The Hall–Kier alpha value is -3.88. The number of amides is 2. The van der Waals surface area contributed by atoms with Crippen molar-refractivity contribution in [3.63, 3.8) is 0 Å². The van der Waals surface area contributed by atoms with E-state index in [0.29, 0.717) is 66.5 Å². The molecule has 1 atom stereocenters. The maximum Gasteiger partial charge on any atom is 0.272 e. The van der Waals surface area contributed by atoms with Crippen molar-refractivity contribution < 1.29 is 19.1 Å². The van der Waals surface area contributed by atoms with Crippen LogP contribution in [0.1, 0.15) is 23.0 Å². The van der Waals surface area contributed by atoms with Crippen molar-refractivity contribution in [1.29, 1.82) is 0 Å². The van der Waals surface area contributed by atoms with E-state index in [1.165, 1.54) is 0 Å². The van der Waals surface area contributed by atoms with Crippen LogP contribution in [0.5, 0.6) is 11.5 Å². The number of benzene rings is 2. The number of piperazine rings is 1. The van der Waals surface area contributed by atoms with Gasteiger partial charge in [-0.2, -0.15) is 0 Å². The van der Waals surface area contributed by atoms with Gasteiger partial charge in [-0.15, -0.1) is 0 Å². The van der Waals surface area contributed by atoms with Gasteiger partial charge in [0.25, 0.3) is 17.4 Å². The highest BCUT2D eigenvalue weighted by molar-refractivity contribution is 5.97. The van der Waals surface area contributed by atoms with Crippen LogP contribution in [0, 0.1) is 6.92 Å². The largest absolute Gasteiger partial charge is 0.485 e. The Morgan fingerprint density at radius 2 is 1.74 bits per heavy atom. The number of hydrogen-bond acceptors (Lipinski definition) is 6. The van der Waals surface area contributed by atoms with Crippen LogP contribution in [-0.2, 0) is 11.3 Å². The lowest BCUT2D eigenvalue weighted by Gasteiger charge is -2.37. The highest BCUT2D eigenvalue weighted by Gasteiger charge is 2.33. The molecule has 0 spiro atoms. The van der Waals surface area contributed by atoms with Gasteiger partial charge in [0, 0.05) is 38.3 Å². The topological polar surface area (TPSA) is 94.0 Å². The lowest BCUT2D eigenvalue weighted by atomic mass is 10.1. The van der Waals surface area contributed by atoms with Crippen LogP contribution in [-0.4, -0.2) is 70.1 Å². The van der Waals surface area contributed by atoms with Gasteiger partial charge >= 0.3 is 0 Å². The van der Waals surface area contributed by atoms with E-state index < -0.39 is 6.10 Å². The smallest absolute Gasteiger partial charge is 0.272 e. The first-order chi connectivity index (χ1) is 16.5. The highest BCUT2D eigenvalue weighted by Crippen LogP contribution is 2.31. The molecular weight excluding hydrogens is 436 g/mol. The van der Waals surface area contributed by atoms with Crippen molar-refractivity contribution in [2.45, 2.75) is 26.5 Å². The van der Waals surface area contributed by atoms with Crippen molar-refractivity contribution >= 4 is 22.8 Å². The first-order valence-corrected chi connectivity index (χ1v) is 11.4. The molecular formula is C25H26N4O5. The molecule has 34 heavy (non-hydrogen) atoms. The molecule has 1 saturated heterocycles. The van der Waals surface area contributed by atoms with E-state index in [4.69, 9.17) is 9.47 Å². The summed E-state index contributed by atoms with van der Waals surface area (Å²) in [7, 11) is 0. The predicted octanol–water partition coefficient (Wildman–Crippen LogP) is 1.85. The number of carbonyl (C=O) groups is 2. The molecule has 2 aromatic carbocycles. The van der Waals surface area contributed by atoms with Gasteiger partial charge in [-0.3, -0.25) is 14.4 Å². The summed E-state index contributed by atoms with van der Waals surface area (Å²) in [6, 6.07) is 12.5. The fourth-order valence-corrected chi connectivity index (χ4v) is 4.48. The first-order valence-electron chi connectivity index (χ1n) is 11.4. The maximum absolute atomic E-state index is 13.1. The lowest BCUT2D eigenvalue weighted by Crippen LogP contribution is -2.55. The fraction of sp³-hybridized carbons (Fsp3) is 0.360. The summed E-state index contributed by atoms with van der Waals surface area (Å²) in [4.78, 5) is 46.3. The molecule has 1 unspecified atom stereocenters. The van der Waals surface area contributed by atoms with E-state index in [1.807, 2.05) is 25.1 Å². The first kappa shape index (κ1) is 21.9. The second-order valence-electron chi connectivity index (χ2n) is 8.43. The zero-order chi connectivity index (χ0) is 23.8. The van der Waals surface area contributed by atoms with E-state index in [2.05, 4.69) is 4.98 Å². The van der Waals surface area contributed by atoms with Gasteiger partial charge in [0.15, 0.2) is 11.5 Å². The molecule has 2 aliphatic heterocycles. The van der Waals surface area contributed by atoms with E-state index in [1.54, 1.807) is 45.6 Å². The van der Waals surface area contributed by atoms with Gasteiger partial charge < -0.3 is 23.8 Å². The standard InChI is InChI=1S/C25H26N4O5/c1-3-29-19-9-8-17(14-18(19)26-16(2)23(29)30)24(31)27-10-12-28(13-11-27)25(32)22-15-33-20-6-4-5-7-21(20)34-22/h4-9,14,22H,3,10-13,15H2,1-2H3. The molecule has 0 saturated carbocycles. The van der Waals surface area contributed by atoms with Gasteiger partial charge in [-0.25, -0.2) is 4.98 Å². The lowest BCUT2D eigenvalue weighted by molar-refractivity contribution is -0.142. The van der Waals surface area contributed by atoms with Crippen LogP contribution in [0.2, 0.25) is 0 Å². The van der Waals surface area contributed by atoms with Gasteiger partial charge in [-0.05, 0) is 44.2 Å². The van der Waals surface area contributed by atoms with E-state index in [9.17, 15) is 14.4 Å². The summed E-state index contributed by atoms with van der Waals surface area (Å²) >= 11 is 0. The molecule has 9 heteroatoms. The summed E-state index contributed by atoms with van der Waals surface area (Å²) in [6.07, 6.45) is -0.692. The second-order valence-corrected chi connectivity index (χ2v) is 8.43. The molecule has 2 aliphatic rings. The van der Waals surface area contributed by atoms with E-state index in [0.717, 1.165) is 0 Å². The zero-order valence-corrected chi connectivity index (χ0v) is 19.2. The summed E-state index contributed by atoms with van der Waals surface area (Å²) in [5.74, 6) is 0.950. The van der Waals surface area contributed by atoms with Crippen molar-refractivity contribution in [3.05, 3.63) is 64.1 Å². The molecule has 0 aliphatic carbocycles. The number of aromatic nitrogens is 2. The molecule has 5 rings (SSSR count). The van der Waals surface area contributed by atoms with Crippen molar-refractivity contribution in [2.75, 3.05) is 32.8 Å². The minimum absolute atomic E-state index is 0.117. The SMILES string of the molecule is CCn1c(=O)c(C)nc2cc(C(=O)N3CCN(C(=O)C4COc5ccccc5O4)CC3)ccc21. The molecule has 0 N–H and O–H groups in total. The van der Waals surface area contributed by atoms with Crippen LogP contribution in [0.25, 0.3) is 11.0 Å². The van der Waals surface area contributed by atoms with Crippen LogP contribution >= 0.6 is 0 Å². The monoisotopic (exact) mass is 462 g/mol. The molecule has 1 aromatic heterocycles. The van der Waals surface area contributed by atoms with Crippen molar-refractivity contribution in [2.24, 2.45) is 0 Å². The Bertz CT molecular complexity index is 1330. The highest BCUT2D eigenvalue weighted by atomic mass is 16.6. The Morgan fingerprint density at radius 3 is 2.47 bits per heavy atom. The predicted molar refractivity (Wildman–Crippen MR) is 125 cm³/mol. The second kappa shape index (κ2) is 8.81. The number of para-hydroxylation sites is 2. The summed E-state index contributed by atoms with van der Waals surface area (Å²) in [6.45, 7) is 5.98. The van der Waals surface area contributed by atoms with Crippen LogP contribution in [0.4, 0.5) is 0 Å². The third-order valence-electron chi connectivity index (χ3n) is 6.33. The van der Waals surface area contributed by atoms with Gasteiger partial charge in [0.05, 0.1) is 11.0 Å². The molecule has 1 fully saturated rings. The Morgan fingerprint density at radius 1 is 1.03 bits per heavy atom. The van der Waals surface area contributed by atoms with Crippen LogP contribution in [0.15, 0.2) is 47.3 Å². The molecule has 0 bridgehead atoms. The van der Waals surface area contributed by atoms with Crippen LogP contribution < -0.4 is 15.0 Å². The van der Waals surface area contributed by atoms with Gasteiger partial charge in [0.1, 0.15) is 12.3 Å². The fourth-order valence-electron chi connectivity index (χ4n) is 4.48. The number of carbonyl (C=O) groups excluding carboxylic acids is 2. The third kappa shape index (κ3) is 3.87. The average Bonchev–Trinajstić information content (AvgIpc) is 2.88. The quantitative estimate of drug-likeness (QED) is 0.590. The molecule has 0 radical (unpaired) electrons. The normalized spacial score (nSPS) is 17.6. The number of fused-ring (bicyclic) bond motifs is 2. The molecule has 3 aromatic rings. The molecule has 176 valence electrons. The average molecular weight is 463 g/mol. The molecule has 3 heterocycles. The summed E-state index contributed by atoms with van der Waals surface area (Å²) < 4.78 is 13.2. The third-order valence-corrected chi connectivity index (χ3v) is 6.33. The minimum atomic E-state index is -0.692. The summed E-state index contributed by atoms with van der Waals surface area (Å²) in [5, 5.41) is 0. The van der Waals surface area contributed by atoms with Crippen molar-refractivity contribution in [3.8, 4) is 11.5 Å². The van der Waals surface area contributed by atoms with Crippen molar-refractivity contribution in [1.82, 2.24) is 19.4 Å². The zero-order valence-electron chi connectivity index (χ0n) is 19.2. The number of ether oxygens (including phenoxy) is 2. The maximum atomic E-state index is 13.1. The van der Waals surface area contributed by atoms with E-state index in [-0.39, 0.29) is 24.0 Å². The van der Waals surface area contributed by atoms with Gasteiger partial charge in [0.2, 0.25) is 6.10 Å². The number of nitrogens with zero attached hydrogens (tertiary/aromatic N) is 4. The minimum Gasteiger partial charge on any atom is -0.485 e. The Balaban J connectivity index is 1.25. The molecule has 9 nitrogen and oxygen atoms in total. The van der Waals surface area contributed by atoms with Crippen LogP contribution in [0.3, 0.4) is 0 Å². The van der Waals surface area contributed by atoms with E-state index >= 15 is 0 Å².